The molecular formula is C19H19FN2O3. The average molecular weight is 342 g/mol. The van der Waals surface area contributed by atoms with Crippen molar-refractivity contribution in [1.82, 2.24) is 5.32 Å². The molecule has 3 N–H and O–H groups in total. The fraction of sp³-hybridized carbons (Fsp3) is 0.263. The molecule has 1 aliphatic rings. The van der Waals surface area contributed by atoms with Gasteiger partial charge in [-0.25, -0.2) is 4.39 Å². The maximum atomic E-state index is 13.8. The van der Waals surface area contributed by atoms with Gasteiger partial charge in [0.25, 0.3) is 5.91 Å². The van der Waals surface area contributed by atoms with E-state index in [1.54, 1.807) is 0 Å². The molecule has 0 aliphatic carbocycles. The smallest absolute Gasteiger partial charge is 0.254 e. The zero-order valence-electron chi connectivity index (χ0n) is 13.7. The molecule has 0 bridgehead atoms. The van der Waals surface area contributed by atoms with E-state index in [1.807, 2.05) is 6.07 Å². The number of rotatable bonds is 5. The number of primary amides is 1. The van der Waals surface area contributed by atoms with Crippen LogP contribution in [0.5, 0.6) is 0 Å². The van der Waals surface area contributed by atoms with Crippen LogP contribution in [0.1, 0.15) is 37.4 Å². The topological polar surface area (TPSA) is 81.4 Å². The molecule has 0 saturated heterocycles. The van der Waals surface area contributed by atoms with E-state index >= 15 is 0 Å². The Balaban J connectivity index is 1.61. The first-order valence-corrected chi connectivity index (χ1v) is 8.10. The SMILES string of the molecule is NC(=O)c1ccc(F)c(C(=O)NCCc2ccc3c(c2)COCC3)c1. The molecule has 130 valence electrons. The fourth-order valence-electron chi connectivity index (χ4n) is 2.85. The number of nitrogens with one attached hydrogen (secondary N) is 1. The van der Waals surface area contributed by atoms with Crippen molar-refractivity contribution in [3.8, 4) is 0 Å². The molecule has 1 heterocycles. The predicted octanol–water partition coefficient (Wildman–Crippen LogP) is 1.97. The summed E-state index contributed by atoms with van der Waals surface area (Å²) in [6, 6.07) is 9.69. The molecule has 0 aromatic heterocycles. The number of carbonyl (C=O) groups excluding carboxylic acids is 2. The number of benzene rings is 2. The van der Waals surface area contributed by atoms with Gasteiger partial charge in [-0.1, -0.05) is 18.2 Å². The second kappa shape index (κ2) is 7.44. The summed E-state index contributed by atoms with van der Waals surface area (Å²) in [5.41, 5.74) is 8.63. The highest BCUT2D eigenvalue weighted by Gasteiger charge is 2.14. The van der Waals surface area contributed by atoms with Crippen LogP contribution in [0.2, 0.25) is 0 Å². The molecule has 0 radical (unpaired) electrons. The van der Waals surface area contributed by atoms with Crippen LogP contribution in [-0.2, 0) is 24.2 Å². The Morgan fingerprint density at radius 1 is 1.16 bits per heavy atom. The molecule has 6 heteroatoms. The first kappa shape index (κ1) is 17.1. The number of ether oxygens (including phenoxy) is 1. The third kappa shape index (κ3) is 4.03. The van der Waals surface area contributed by atoms with Crippen LogP contribution < -0.4 is 11.1 Å². The van der Waals surface area contributed by atoms with E-state index in [1.165, 1.54) is 23.3 Å². The van der Waals surface area contributed by atoms with Crippen LogP contribution in [0.4, 0.5) is 4.39 Å². The maximum absolute atomic E-state index is 13.8. The molecule has 3 rings (SSSR count). The highest BCUT2D eigenvalue weighted by Crippen LogP contribution is 2.18. The van der Waals surface area contributed by atoms with Crippen molar-refractivity contribution in [3.05, 3.63) is 70.0 Å². The summed E-state index contributed by atoms with van der Waals surface area (Å²) in [5.74, 6) is -1.96. The Morgan fingerprint density at radius 2 is 2.00 bits per heavy atom. The van der Waals surface area contributed by atoms with Crippen LogP contribution in [0.3, 0.4) is 0 Å². The lowest BCUT2D eigenvalue weighted by atomic mass is 9.99. The number of hydrogen-bond acceptors (Lipinski definition) is 3. The van der Waals surface area contributed by atoms with Crippen LogP contribution in [0.15, 0.2) is 36.4 Å². The predicted molar refractivity (Wildman–Crippen MR) is 90.8 cm³/mol. The second-order valence-electron chi connectivity index (χ2n) is 5.97. The number of carbonyl (C=O) groups is 2. The standard InChI is InChI=1S/C19H19FN2O3/c20-17-4-3-14(18(21)23)10-16(17)19(24)22-7-5-12-1-2-13-6-8-25-11-15(13)9-12/h1-4,9-10H,5-8,11H2,(H2,21,23)(H,22,24). The van der Waals surface area contributed by atoms with Crippen LogP contribution in [0.25, 0.3) is 0 Å². The summed E-state index contributed by atoms with van der Waals surface area (Å²) in [6.07, 6.45) is 1.54. The van der Waals surface area contributed by atoms with E-state index in [4.69, 9.17) is 10.5 Å². The van der Waals surface area contributed by atoms with Crippen molar-refractivity contribution in [1.29, 1.82) is 0 Å². The minimum atomic E-state index is -0.703. The van der Waals surface area contributed by atoms with Gasteiger partial charge in [-0.3, -0.25) is 9.59 Å². The number of nitrogens with two attached hydrogens (primary N) is 1. The van der Waals surface area contributed by atoms with E-state index < -0.39 is 17.6 Å². The molecule has 2 aromatic carbocycles. The Morgan fingerprint density at radius 3 is 2.80 bits per heavy atom. The van der Waals surface area contributed by atoms with Gasteiger partial charge in [0.1, 0.15) is 5.82 Å². The Hall–Kier alpha value is -2.73. The summed E-state index contributed by atoms with van der Waals surface area (Å²) < 4.78 is 19.2. The highest BCUT2D eigenvalue weighted by molar-refractivity contribution is 5.99. The van der Waals surface area contributed by atoms with Gasteiger partial charge >= 0.3 is 0 Å². The summed E-state index contributed by atoms with van der Waals surface area (Å²) in [7, 11) is 0. The van der Waals surface area contributed by atoms with E-state index in [9.17, 15) is 14.0 Å². The summed E-state index contributed by atoms with van der Waals surface area (Å²) >= 11 is 0. The Labute approximate surface area is 145 Å². The zero-order valence-corrected chi connectivity index (χ0v) is 13.7. The molecule has 25 heavy (non-hydrogen) atoms. The largest absolute Gasteiger partial charge is 0.376 e. The van der Waals surface area contributed by atoms with Crippen molar-refractivity contribution in [2.45, 2.75) is 19.4 Å². The fourth-order valence-corrected chi connectivity index (χ4v) is 2.85. The van der Waals surface area contributed by atoms with Crippen molar-refractivity contribution < 1.29 is 18.7 Å². The summed E-state index contributed by atoms with van der Waals surface area (Å²) in [4.78, 5) is 23.3. The molecule has 5 nitrogen and oxygen atoms in total. The normalized spacial score (nSPS) is 13.2. The van der Waals surface area contributed by atoms with Crippen LogP contribution in [0, 0.1) is 5.82 Å². The van der Waals surface area contributed by atoms with Crippen LogP contribution >= 0.6 is 0 Å². The van der Waals surface area contributed by atoms with Gasteiger partial charge < -0.3 is 15.8 Å². The van der Waals surface area contributed by atoms with E-state index in [-0.39, 0.29) is 11.1 Å². The number of hydrogen-bond donors (Lipinski definition) is 2. The minimum Gasteiger partial charge on any atom is -0.376 e. The van der Waals surface area contributed by atoms with Crippen LogP contribution in [-0.4, -0.2) is 25.0 Å². The number of halogens is 1. The maximum Gasteiger partial charge on any atom is 0.254 e. The highest BCUT2D eigenvalue weighted by atomic mass is 19.1. The van der Waals surface area contributed by atoms with Crippen molar-refractivity contribution in [3.63, 3.8) is 0 Å². The molecule has 1 aliphatic heterocycles. The molecule has 0 spiro atoms. The first-order chi connectivity index (χ1) is 12.0. The summed E-state index contributed by atoms with van der Waals surface area (Å²) in [6.45, 7) is 1.72. The Kier molecular flexibility index (Phi) is 5.09. The zero-order chi connectivity index (χ0) is 17.8. The minimum absolute atomic E-state index is 0.0984. The van der Waals surface area contributed by atoms with E-state index in [2.05, 4.69) is 17.4 Å². The van der Waals surface area contributed by atoms with Gasteiger partial charge in [0.2, 0.25) is 5.91 Å². The van der Waals surface area contributed by atoms with Gasteiger partial charge in [0, 0.05) is 12.1 Å². The van der Waals surface area contributed by atoms with E-state index in [0.717, 1.165) is 24.7 Å². The molecule has 2 aromatic rings. The average Bonchev–Trinajstić information content (AvgIpc) is 2.61. The third-order valence-electron chi connectivity index (χ3n) is 4.24. The van der Waals surface area contributed by atoms with E-state index in [0.29, 0.717) is 19.6 Å². The number of amides is 2. The van der Waals surface area contributed by atoms with Gasteiger partial charge in [0.15, 0.2) is 0 Å². The van der Waals surface area contributed by atoms with Gasteiger partial charge in [-0.2, -0.15) is 0 Å². The molecule has 2 amide bonds. The van der Waals surface area contributed by atoms with Crippen molar-refractivity contribution in [2.24, 2.45) is 5.73 Å². The second-order valence-corrected chi connectivity index (χ2v) is 5.97. The summed E-state index contributed by atoms with van der Waals surface area (Å²) in [5, 5.41) is 2.67. The Bertz CT molecular complexity index is 820. The molecule has 0 atom stereocenters. The lowest BCUT2D eigenvalue weighted by Crippen LogP contribution is -2.27. The van der Waals surface area contributed by atoms with Gasteiger partial charge in [0.05, 0.1) is 18.8 Å². The number of fused-ring (bicyclic) bond motifs is 1. The first-order valence-electron chi connectivity index (χ1n) is 8.10. The third-order valence-corrected chi connectivity index (χ3v) is 4.24. The van der Waals surface area contributed by atoms with Gasteiger partial charge in [-0.15, -0.1) is 0 Å². The quantitative estimate of drug-likeness (QED) is 0.872. The molecular weight excluding hydrogens is 323 g/mol. The van der Waals surface area contributed by atoms with Crippen molar-refractivity contribution in [2.75, 3.05) is 13.2 Å². The van der Waals surface area contributed by atoms with Gasteiger partial charge in [-0.05, 0) is 47.7 Å². The molecule has 0 unspecified atom stereocenters. The molecule has 0 saturated carbocycles. The monoisotopic (exact) mass is 342 g/mol. The lowest BCUT2D eigenvalue weighted by Gasteiger charge is -2.17. The van der Waals surface area contributed by atoms with Crippen molar-refractivity contribution >= 4 is 11.8 Å². The lowest BCUT2D eigenvalue weighted by molar-refractivity contribution is 0.0950. The molecule has 0 fully saturated rings.